The number of nitrogens with one attached hydrogen (secondary N) is 1. The molecule has 46 heavy (non-hydrogen) atoms. The topological polar surface area (TPSA) is 55.9 Å². The van der Waals surface area contributed by atoms with E-state index in [-0.39, 0.29) is 30.4 Å². The van der Waals surface area contributed by atoms with E-state index in [1.54, 1.807) is 24.0 Å². The number of hydrogen-bond acceptors (Lipinski definition) is 4. The number of allylic oxidation sites excluding steroid dienone is 1. The van der Waals surface area contributed by atoms with Gasteiger partial charge in [-0.2, -0.15) is 13.2 Å². The largest absolute Gasteiger partial charge is 0.404 e. The van der Waals surface area contributed by atoms with Crippen LogP contribution >= 0.6 is 0 Å². The summed E-state index contributed by atoms with van der Waals surface area (Å²) in [6.45, 7) is 4.64. The molecule has 0 radical (unpaired) electrons. The first-order valence-electron chi connectivity index (χ1n) is 16.5. The van der Waals surface area contributed by atoms with Crippen molar-refractivity contribution in [1.29, 1.82) is 0 Å². The minimum Gasteiger partial charge on any atom is -0.371 e. The molecular weight excluding hydrogens is 596 g/mol. The second-order valence-corrected chi connectivity index (χ2v) is 13.1. The summed E-state index contributed by atoms with van der Waals surface area (Å²) in [5.41, 5.74) is 3.08. The summed E-state index contributed by atoms with van der Waals surface area (Å²) in [5, 5.41) is 3.11. The van der Waals surface area contributed by atoms with Crippen molar-refractivity contribution in [3.63, 3.8) is 0 Å². The lowest BCUT2D eigenvalue weighted by atomic mass is 9.77. The zero-order chi connectivity index (χ0) is 32.4. The third kappa shape index (κ3) is 6.87. The fraction of sp³-hybridized carbons (Fsp3) is 0.500. The van der Waals surface area contributed by atoms with Crippen LogP contribution in [0, 0.1) is 24.6 Å². The van der Waals surface area contributed by atoms with Gasteiger partial charge in [0, 0.05) is 43.5 Å². The van der Waals surface area contributed by atoms with E-state index in [0.717, 1.165) is 37.2 Å². The summed E-state index contributed by atoms with van der Waals surface area (Å²) in [6.07, 6.45) is 5.97. The lowest BCUT2D eigenvalue weighted by Gasteiger charge is -2.44. The van der Waals surface area contributed by atoms with Crippen LogP contribution in [-0.2, 0) is 4.79 Å². The number of rotatable bonds is 7. The van der Waals surface area contributed by atoms with E-state index in [4.69, 9.17) is 0 Å². The highest BCUT2D eigenvalue weighted by Crippen LogP contribution is 2.38. The first-order valence-corrected chi connectivity index (χ1v) is 16.5. The van der Waals surface area contributed by atoms with E-state index >= 15 is 4.39 Å². The summed E-state index contributed by atoms with van der Waals surface area (Å²) >= 11 is 0. The molecule has 2 aromatic carbocycles. The summed E-state index contributed by atoms with van der Waals surface area (Å²) in [6, 6.07) is 10.4. The molecule has 3 unspecified atom stereocenters. The smallest absolute Gasteiger partial charge is 0.371 e. The van der Waals surface area contributed by atoms with Gasteiger partial charge in [-0.05, 0) is 93.8 Å². The molecule has 2 aromatic rings. The molecular formula is C36H42F4N4O2. The molecule has 3 heterocycles. The number of amides is 2. The Morgan fingerprint density at radius 2 is 1.72 bits per heavy atom. The van der Waals surface area contributed by atoms with Crippen molar-refractivity contribution in [3.05, 3.63) is 83.2 Å². The van der Waals surface area contributed by atoms with Crippen LogP contribution in [0.3, 0.4) is 0 Å². The third-order valence-electron chi connectivity index (χ3n) is 10.1. The van der Waals surface area contributed by atoms with Crippen molar-refractivity contribution in [2.45, 2.75) is 70.1 Å². The van der Waals surface area contributed by atoms with Crippen LogP contribution in [0.5, 0.6) is 0 Å². The van der Waals surface area contributed by atoms with E-state index in [9.17, 15) is 22.8 Å². The zero-order valence-electron chi connectivity index (χ0n) is 26.2. The van der Waals surface area contributed by atoms with Gasteiger partial charge >= 0.3 is 6.18 Å². The van der Waals surface area contributed by atoms with Crippen molar-refractivity contribution >= 4 is 23.2 Å². The Balaban J connectivity index is 1.25. The lowest BCUT2D eigenvalue weighted by molar-refractivity contribution is -0.174. The van der Waals surface area contributed by atoms with E-state index in [1.165, 1.54) is 11.0 Å². The number of halogens is 4. The first kappa shape index (κ1) is 32.3. The van der Waals surface area contributed by atoms with Crippen molar-refractivity contribution in [2.24, 2.45) is 11.8 Å². The van der Waals surface area contributed by atoms with Crippen LogP contribution < -0.4 is 10.2 Å². The maximum atomic E-state index is 15.1. The summed E-state index contributed by atoms with van der Waals surface area (Å²) in [7, 11) is 0. The maximum absolute atomic E-state index is 15.1. The predicted molar refractivity (Wildman–Crippen MR) is 171 cm³/mol. The van der Waals surface area contributed by atoms with Crippen LogP contribution in [0.4, 0.5) is 28.9 Å². The Kier molecular flexibility index (Phi) is 9.54. The van der Waals surface area contributed by atoms with Gasteiger partial charge < -0.3 is 15.1 Å². The Morgan fingerprint density at radius 3 is 2.43 bits per heavy atom. The minimum absolute atomic E-state index is 0.00937. The molecule has 1 aliphatic carbocycles. The highest BCUT2D eigenvalue weighted by atomic mass is 19.4. The molecule has 6 rings (SSSR count). The van der Waals surface area contributed by atoms with E-state index < -0.39 is 35.9 Å². The molecule has 246 valence electrons. The Morgan fingerprint density at radius 1 is 0.957 bits per heavy atom. The molecule has 0 saturated carbocycles. The molecule has 1 N–H and O–H groups in total. The molecule has 3 aliphatic heterocycles. The number of piperidine rings is 1. The fourth-order valence-corrected chi connectivity index (χ4v) is 7.78. The highest BCUT2D eigenvalue weighted by molar-refractivity contribution is 5.98. The Hall–Kier alpha value is -3.66. The number of hydrogen-bond donors (Lipinski definition) is 1. The number of carbonyl (C=O) groups excluding carboxylic acids is 2. The maximum Gasteiger partial charge on any atom is 0.404 e. The quantitative estimate of drug-likeness (QED) is 0.328. The number of aryl methyl sites for hydroxylation is 1. The van der Waals surface area contributed by atoms with Gasteiger partial charge in [0.25, 0.3) is 5.91 Å². The van der Waals surface area contributed by atoms with Crippen molar-refractivity contribution in [1.82, 2.24) is 9.80 Å². The summed E-state index contributed by atoms with van der Waals surface area (Å²) in [5.74, 6) is -2.05. The van der Waals surface area contributed by atoms with Gasteiger partial charge in [-0.25, -0.2) is 4.39 Å². The number of nitrogens with zero attached hydrogens (tertiary/aromatic N) is 3. The summed E-state index contributed by atoms with van der Waals surface area (Å²) < 4.78 is 55.8. The number of benzene rings is 2. The molecule has 3 fully saturated rings. The van der Waals surface area contributed by atoms with E-state index in [2.05, 4.69) is 10.2 Å². The Bertz CT molecular complexity index is 1480. The average Bonchev–Trinajstić information content (AvgIpc) is 3.74. The average molecular weight is 639 g/mol. The SMILES string of the molecule is Cc1cccc(F)c1C(=O)N1CCCC(C(=O)Nc2cccc(N3CCCC3)c2)[C@@H]1C1C=CC(CN2CCCC2C(F)(F)F)=CC1. The number of likely N-dealkylation sites (tertiary alicyclic amines) is 2. The number of carbonyl (C=O) groups is 2. The van der Waals surface area contributed by atoms with Crippen LogP contribution in [0.1, 0.15) is 60.9 Å². The second kappa shape index (κ2) is 13.6. The lowest BCUT2D eigenvalue weighted by Crippen LogP contribution is -2.55. The van der Waals surface area contributed by atoms with Crippen LogP contribution in [0.25, 0.3) is 0 Å². The highest BCUT2D eigenvalue weighted by Gasteiger charge is 2.46. The van der Waals surface area contributed by atoms with Gasteiger partial charge in [-0.3, -0.25) is 14.5 Å². The van der Waals surface area contributed by atoms with Gasteiger partial charge in [0.15, 0.2) is 0 Å². The van der Waals surface area contributed by atoms with Crippen molar-refractivity contribution in [2.75, 3.05) is 42.9 Å². The van der Waals surface area contributed by atoms with Gasteiger partial charge in [-0.15, -0.1) is 0 Å². The molecule has 0 spiro atoms. The molecule has 2 amide bonds. The second-order valence-electron chi connectivity index (χ2n) is 13.1. The zero-order valence-corrected chi connectivity index (χ0v) is 26.2. The molecule has 4 aliphatic rings. The predicted octanol–water partition coefficient (Wildman–Crippen LogP) is 7.12. The van der Waals surface area contributed by atoms with Crippen LogP contribution in [0.15, 0.2) is 66.3 Å². The molecule has 10 heteroatoms. The standard InChI is InChI=1S/C36H42F4N4O2/c1-24-8-4-12-30(37)32(24)35(46)44-21-6-11-29(34(45)41-27-9-5-10-28(22-27)42-18-2-3-19-42)33(44)26-16-14-25(15-17-26)23-43-20-7-13-31(43)36(38,39)40/h4-5,8-10,12,14-16,22,26,29,31,33H,2-3,6-7,11,13,17-21,23H2,1H3,(H,41,45)/t26?,29?,31?,33-/m0/s1. The molecule has 4 atom stereocenters. The monoisotopic (exact) mass is 638 g/mol. The number of anilines is 2. The minimum atomic E-state index is -4.26. The number of alkyl halides is 3. The fourth-order valence-electron chi connectivity index (χ4n) is 7.78. The van der Waals surface area contributed by atoms with E-state index in [0.29, 0.717) is 50.0 Å². The Labute approximate surface area is 268 Å². The van der Waals surface area contributed by atoms with Gasteiger partial charge in [0.1, 0.15) is 11.9 Å². The van der Waals surface area contributed by atoms with Gasteiger partial charge in [0.2, 0.25) is 5.91 Å². The van der Waals surface area contributed by atoms with E-state index in [1.807, 2.05) is 42.5 Å². The first-order chi connectivity index (χ1) is 22.1. The van der Waals surface area contributed by atoms with Crippen LogP contribution in [-0.4, -0.2) is 72.6 Å². The van der Waals surface area contributed by atoms with Crippen molar-refractivity contribution in [3.8, 4) is 0 Å². The molecule has 0 aromatic heterocycles. The third-order valence-corrected chi connectivity index (χ3v) is 10.1. The van der Waals surface area contributed by atoms with Crippen molar-refractivity contribution < 1.29 is 27.2 Å². The molecule has 6 nitrogen and oxygen atoms in total. The van der Waals surface area contributed by atoms with Crippen LogP contribution in [0.2, 0.25) is 0 Å². The normalized spacial score (nSPS) is 25.5. The van der Waals surface area contributed by atoms with Gasteiger partial charge in [0.05, 0.1) is 17.5 Å². The molecule has 0 bridgehead atoms. The molecule has 3 saturated heterocycles. The summed E-state index contributed by atoms with van der Waals surface area (Å²) in [4.78, 5) is 33.5. The van der Waals surface area contributed by atoms with Gasteiger partial charge in [-0.1, -0.05) is 36.4 Å².